The van der Waals surface area contributed by atoms with Gasteiger partial charge in [-0.05, 0) is 32.5 Å². The minimum atomic E-state index is -0.549. The van der Waals surface area contributed by atoms with E-state index in [-0.39, 0.29) is 5.91 Å². The predicted octanol–water partition coefficient (Wildman–Crippen LogP) is 1.78. The maximum absolute atomic E-state index is 11.9. The molecule has 0 bridgehead atoms. The highest BCUT2D eigenvalue weighted by Gasteiger charge is 2.24. The molecule has 0 aliphatic carbocycles. The molecule has 0 aliphatic heterocycles. The number of rotatable bonds is 4. The van der Waals surface area contributed by atoms with Gasteiger partial charge in [0.05, 0.1) is 5.54 Å². The lowest BCUT2D eigenvalue weighted by Crippen LogP contribution is -2.50. The fourth-order valence-corrected chi connectivity index (χ4v) is 1.79. The Morgan fingerprint density at radius 3 is 2.78 bits per heavy atom. The van der Waals surface area contributed by atoms with Crippen LogP contribution in [0.2, 0.25) is 0 Å². The standard InChI is InChI=1S/C14H19N3O/c1-14(2,15-3)13(18)17-9-10-8-16-12-7-5-4-6-11(10)12/h4-8,15-16H,9H2,1-3H3,(H,17,18). The zero-order valence-corrected chi connectivity index (χ0v) is 11.0. The van der Waals surface area contributed by atoms with Gasteiger partial charge in [-0.3, -0.25) is 4.79 Å². The first-order valence-electron chi connectivity index (χ1n) is 6.07. The Bertz CT molecular complexity index is 557. The summed E-state index contributed by atoms with van der Waals surface area (Å²) in [4.78, 5) is 15.1. The number of hydrogen-bond donors (Lipinski definition) is 3. The molecule has 3 N–H and O–H groups in total. The van der Waals surface area contributed by atoms with Crippen molar-refractivity contribution in [2.24, 2.45) is 0 Å². The van der Waals surface area contributed by atoms with Crippen LogP contribution in [0.25, 0.3) is 10.9 Å². The van der Waals surface area contributed by atoms with Crippen molar-refractivity contribution in [2.45, 2.75) is 25.9 Å². The van der Waals surface area contributed by atoms with E-state index in [1.807, 2.05) is 38.2 Å². The Morgan fingerprint density at radius 2 is 2.06 bits per heavy atom. The molecule has 2 aromatic rings. The van der Waals surface area contributed by atoms with Crippen LogP contribution >= 0.6 is 0 Å². The first kappa shape index (κ1) is 12.6. The number of hydrogen-bond acceptors (Lipinski definition) is 2. The quantitative estimate of drug-likeness (QED) is 0.769. The number of aromatic nitrogens is 1. The minimum Gasteiger partial charge on any atom is -0.361 e. The Morgan fingerprint density at radius 1 is 1.33 bits per heavy atom. The molecule has 4 nitrogen and oxygen atoms in total. The second-order valence-corrected chi connectivity index (χ2v) is 4.92. The van der Waals surface area contributed by atoms with E-state index in [9.17, 15) is 4.79 Å². The largest absolute Gasteiger partial charge is 0.361 e. The van der Waals surface area contributed by atoms with Gasteiger partial charge in [0.2, 0.25) is 5.91 Å². The van der Waals surface area contributed by atoms with Gasteiger partial charge in [-0.1, -0.05) is 18.2 Å². The van der Waals surface area contributed by atoms with Crippen LogP contribution in [0.5, 0.6) is 0 Å². The highest BCUT2D eigenvalue weighted by Crippen LogP contribution is 2.17. The number of carbonyl (C=O) groups is 1. The van der Waals surface area contributed by atoms with Crippen molar-refractivity contribution in [3.63, 3.8) is 0 Å². The Kier molecular flexibility index (Phi) is 3.39. The summed E-state index contributed by atoms with van der Waals surface area (Å²) in [5.74, 6) is -0.00437. The van der Waals surface area contributed by atoms with Gasteiger partial charge in [0, 0.05) is 23.6 Å². The molecule has 0 saturated heterocycles. The van der Waals surface area contributed by atoms with Crippen LogP contribution in [0.15, 0.2) is 30.5 Å². The normalized spacial score (nSPS) is 11.7. The number of fused-ring (bicyclic) bond motifs is 1. The molecule has 0 radical (unpaired) electrons. The van der Waals surface area contributed by atoms with E-state index >= 15 is 0 Å². The number of carbonyl (C=O) groups excluding carboxylic acids is 1. The summed E-state index contributed by atoms with van der Waals surface area (Å²) in [7, 11) is 1.78. The highest BCUT2D eigenvalue weighted by atomic mass is 16.2. The zero-order valence-electron chi connectivity index (χ0n) is 11.0. The number of para-hydroxylation sites is 1. The van der Waals surface area contributed by atoms with Crippen LogP contribution in [0.3, 0.4) is 0 Å². The van der Waals surface area contributed by atoms with Gasteiger partial charge >= 0.3 is 0 Å². The van der Waals surface area contributed by atoms with Crippen molar-refractivity contribution >= 4 is 16.8 Å². The molecule has 0 unspecified atom stereocenters. The monoisotopic (exact) mass is 245 g/mol. The molecule has 0 aliphatic rings. The van der Waals surface area contributed by atoms with E-state index < -0.39 is 5.54 Å². The topological polar surface area (TPSA) is 56.9 Å². The van der Waals surface area contributed by atoms with Crippen LogP contribution < -0.4 is 10.6 Å². The van der Waals surface area contributed by atoms with Crippen molar-refractivity contribution in [2.75, 3.05) is 7.05 Å². The van der Waals surface area contributed by atoms with Crippen LogP contribution in [0, 0.1) is 0 Å². The molecule has 18 heavy (non-hydrogen) atoms. The number of benzene rings is 1. The number of H-pyrrole nitrogens is 1. The van der Waals surface area contributed by atoms with Crippen molar-refractivity contribution < 1.29 is 4.79 Å². The van der Waals surface area contributed by atoms with E-state index in [0.29, 0.717) is 6.54 Å². The van der Waals surface area contributed by atoms with Crippen molar-refractivity contribution in [3.8, 4) is 0 Å². The third kappa shape index (κ3) is 2.38. The van der Waals surface area contributed by atoms with Gasteiger partial charge in [0.1, 0.15) is 0 Å². The fraction of sp³-hybridized carbons (Fsp3) is 0.357. The van der Waals surface area contributed by atoms with Gasteiger partial charge in [-0.2, -0.15) is 0 Å². The van der Waals surface area contributed by atoms with E-state index in [1.165, 1.54) is 0 Å². The second kappa shape index (κ2) is 4.82. The summed E-state index contributed by atoms with van der Waals surface area (Å²) in [5, 5.41) is 7.09. The number of nitrogens with one attached hydrogen (secondary N) is 3. The van der Waals surface area contributed by atoms with Crippen LogP contribution in [-0.4, -0.2) is 23.5 Å². The fourth-order valence-electron chi connectivity index (χ4n) is 1.79. The molecule has 0 fully saturated rings. The average Bonchev–Trinajstić information content (AvgIpc) is 2.79. The van der Waals surface area contributed by atoms with Crippen LogP contribution in [-0.2, 0) is 11.3 Å². The van der Waals surface area contributed by atoms with E-state index in [4.69, 9.17) is 0 Å². The maximum atomic E-state index is 11.9. The Hall–Kier alpha value is -1.81. The molecule has 0 saturated carbocycles. The average molecular weight is 245 g/mol. The van der Waals surface area contributed by atoms with E-state index in [1.54, 1.807) is 7.05 Å². The maximum Gasteiger partial charge on any atom is 0.239 e. The third-order valence-corrected chi connectivity index (χ3v) is 3.31. The van der Waals surface area contributed by atoms with Gasteiger partial charge in [-0.15, -0.1) is 0 Å². The molecule has 1 aromatic heterocycles. The molecular formula is C14H19N3O. The van der Waals surface area contributed by atoms with Crippen molar-refractivity contribution in [1.82, 2.24) is 15.6 Å². The molecule has 2 rings (SSSR count). The van der Waals surface area contributed by atoms with Crippen molar-refractivity contribution in [3.05, 3.63) is 36.0 Å². The molecular weight excluding hydrogens is 226 g/mol. The lowest BCUT2D eigenvalue weighted by atomic mass is 10.1. The smallest absolute Gasteiger partial charge is 0.239 e. The minimum absolute atomic E-state index is 0.00437. The second-order valence-electron chi connectivity index (χ2n) is 4.92. The van der Waals surface area contributed by atoms with Crippen LogP contribution in [0.4, 0.5) is 0 Å². The number of likely N-dealkylation sites (N-methyl/N-ethyl adjacent to an activating group) is 1. The van der Waals surface area contributed by atoms with Crippen LogP contribution in [0.1, 0.15) is 19.4 Å². The predicted molar refractivity (Wildman–Crippen MR) is 73.3 cm³/mol. The summed E-state index contributed by atoms with van der Waals surface area (Å²) in [6, 6.07) is 8.07. The van der Waals surface area contributed by atoms with Crippen molar-refractivity contribution in [1.29, 1.82) is 0 Å². The Labute approximate surface area is 107 Å². The first-order chi connectivity index (χ1) is 8.54. The van der Waals surface area contributed by atoms with E-state index in [2.05, 4.69) is 21.7 Å². The van der Waals surface area contributed by atoms with Gasteiger partial charge in [-0.25, -0.2) is 0 Å². The molecule has 0 spiro atoms. The van der Waals surface area contributed by atoms with Gasteiger partial charge in [0.25, 0.3) is 0 Å². The molecule has 0 atom stereocenters. The number of aromatic amines is 1. The van der Waals surface area contributed by atoms with E-state index in [0.717, 1.165) is 16.5 Å². The third-order valence-electron chi connectivity index (χ3n) is 3.31. The molecule has 96 valence electrons. The summed E-state index contributed by atoms with van der Waals surface area (Å²) in [5.41, 5.74) is 1.65. The highest BCUT2D eigenvalue weighted by molar-refractivity contribution is 5.87. The molecule has 4 heteroatoms. The lowest BCUT2D eigenvalue weighted by molar-refractivity contribution is -0.126. The zero-order chi connectivity index (χ0) is 13.2. The summed E-state index contributed by atoms with van der Waals surface area (Å²) in [6.07, 6.45) is 1.94. The summed E-state index contributed by atoms with van der Waals surface area (Å²) < 4.78 is 0. The SMILES string of the molecule is CNC(C)(C)C(=O)NCc1c[nH]c2ccccc12. The first-order valence-corrected chi connectivity index (χ1v) is 6.07. The molecule has 1 heterocycles. The summed E-state index contributed by atoms with van der Waals surface area (Å²) >= 11 is 0. The molecule has 1 aromatic carbocycles. The molecule has 1 amide bonds. The van der Waals surface area contributed by atoms with Gasteiger partial charge in [0.15, 0.2) is 0 Å². The number of amides is 1. The van der Waals surface area contributed by atoms with Gasteiger partial charge < -0.3 is 15.6 Å². The lowest BCUT2D eigenvalue weighted by Gasteiger charge is -2.22. The Balaban J connectivity index is 2.09. The summed E-state index contributed by atoms with van der Waals surface area (Å²) in [6.45, 7) is 4.25.